The van der Waals surface area contributed by atoms with Crippen LogP contribution in [0.4, 0.5) is 5.69 Å². The SMILES string of the molecule is OC[C@@H](O)[C@@H](O)[C@H](O)/C=N/Nc1ccccc1. The van der Waals surface area contributed by atoms with Gasteiger partial charge in [0.1, 0.15) is 18.3 Å². The predicted molar refractivity (Wildman–Crippen MR) is 63.7 cm³/mol. The fourth-order valence-corrected chi connectivity index (χ4v) is 1.12. The van der Waals surface area contributed by atoms with Crippen molar-refractivity contribution in [2.24, 2.45) is 5.10 Å². The number of para-hydroxylation sites is 1. The van der Waals surface area contributed by atoms with Crippen molar-refractivity contribution in [2.75, 3.05) is 12.0 Å². The molecule has 0 radical (unpaired) electrons. The topological polar surface area (TPSA) is 105 Å². The van der Waals surface area contributed by atoms with Crippen molar-refractivity contribution in [3.05, 3.63) is 30.3 Å². The molecule has 6 nitrogen and oxygen atoms in total. The summed E-state index contributed by atoms with van der Waals surface area (Å²) >= 11 is 0. The zero-order chi connectivity index (χ0) is 12.7. The summed E-state index contributed by atoms with van der Waals surface area (Å²) in [6.45, 7) is -0.627. The van der Waals surface area contributed by atoms with Gasteiger partial charge in [-0.2, -0.15) is 5.10 Å². The molecule has 0 aromatic heterocycles. The highest BCUT2D eigenvalue weighted by atomic mass is 16.4. The smallest absolute Gasteiger partial charge is 0.119 e. The maximum Gasteiger partial charge on any atom is 0.119 e. The van der Waals surface area contributed by atoms with Gasteiger partial charge in [-0.15, -0.1) is 0 Å². The van der Waals surface area contributed by atoms with Crippen molar-refractivity contribution >= 4 is 11.9 Å². The maximum atomic E-state index is 9.39. The van der Waals surface area contributed by atoms with E-state index in [1.165, 1.54) is 0 Å². The highest BCUT2D eigenvalue weighted by Gasteiger charge is 2.22. The molecule has 0 spiro atoms. The van der Waals surface area contributed by atoms with Crippen LogP contribution in [-0.2, 0) is 0 Å². The van der Waals surface area contributed by atoms with Crippen molar-refractivity contribution in [3.8, 4) is 0 Å². The number of nitrogens with zero attached hydrogens (tertiary/aromatic N) is 1. The molecule has 0 aliphatic rings. The molecule has 0 amide bonds. The lowest BCUT2D eigenvalue weighted by Crippen LogP contribution is -2.40. The van der Waals surface area contributed by atoms with Gasteiger partial charge in [-0.25, -0.2) is 0 Å². The number of aliphatic hydroxyl groups excluding tert-OH is 4. The van der Waals surface area contributed by atoms with Crippen molar-refractivity contribution < 1.29 is 20.4 Å². The standard InChI is InChI=1S/C11H16N2O4/c14-7-10(16)11(17)9(15)6-12-13-8-4-2-1-3-5-8/h1-6,9-11,13-17H,7H2/b12-6+/t9-,10-,11+/m1/s1. The van der Waals surface area contributed by atoms with E-state index in [1.807, 2.05) is 18.2 Å². The summed E-state index contributed by atoms with van der Waals surface area (Å²) < 4.78 is 0. The van der Waals surface area contributed by atoms with Crippen LogP contribution in [0, 0.1) is 0 Å². The second kappa shape index (κ2) is 6.97. The Morgan fingerprint density at radius 3 is 2.41 bits per heavy atom. The van der Waals surface area contributed by atoms with Crippen molar-refractivity contribution in [2.45, 2.75) is 18.3 Å². The number of hydrazone groups is 1. The Balaban J connectivity index is 2.43. The van der Waals surface area contributed by atoms with Gasteiger partial charge in [0, 0.05) is 0 Å². The Hall–Kier alpha value is -1.47. The minimum atomic E-state index is -1.47. The minimum Gasteiger partial charge on any atom is -0.394 e. The maximum absolute atomic E-state index is 9.39. The normalized spacial score (nSPS) is 16.7. The number of anilines is 1. The van der Waals surface area contributed by atoms with Crippen LogP contribution in [0.15, 0.2) is 35.4 Å². The van der Waals surface area contributed by atoms with E-state index in [0.717, 1.165) is 11.9 Å². The first-order valence-electron chi connectivity index (χ1n) is 5.14. The first-order chi connectivity index (χ1) is 8.15. The van der Waals surface area contributed by atoms with Crippen molar-refractivity contribution in [1.29, 1.82) is 0 Å². The fourth-order valence-electron chi connectivity index (χ4n) is 1.12. The van der Waals surface area contributed by atoms with Gasteiger partial charge < -0.3 is 20.4 Å². The summed E-state index contributed by atoms with van der Waals surface area (Å²) in [4.78, 5) is 0. The van der Waals surface area contributed by atoms with Crippen LogP contribution in [0.3, 0.4) is 0 Å². The summed E-state index contributed by atoms with van der Waals surface area (Å²) in [6.07, 6.45) is -3.17. The Kier molecular flexibility index (Phi) is 5.58. The van der Waals surface area contributed by atoms with Gasteiger partial charge in [0.2, 0.25) is 0 Å². The largest absolute Gasteiger partial charge is 0.394 e. The fraction of sp³-hybridized carbons (Fsp3) is 0.364. The van der Waals surface area contributed by atoms with Crippen molar-refractivity contribution in [1.82, 2.24) is 0 Å². The molecule has 0 aliphatic carbocycles. The van der Waals surface area contributed by atoms with Gasteiger partial charge in [0.05, 0.1) is 18.5 Å². The third kappa shape index (κ3) is 4.49. The van der Waals surface area contributed by atoms with Crippen LogP contribution in [0.2, 0.25) is 0 Å². The third-order valence-electron chi connectivity index (χ3n) is 2.13. The second-order valence-electron chi connectivity index (χ2n) is 3.49. The van der Waals surface area contributed by atoms with Gasteiger partial charge in [-0.05, 0) is 12.1 Å². The molecule has 0 saturated heterocycles. The molecule has 17 heavy (non-hydrogen) atoms. The Labute approximate surface area is 98.8 Å². The zero-order valence-electron chi connectivity index (χ0n) is 9.14. The van der Waals surface area contributed by atoms with E-state index in [0.29, 0.717) is 0 Å². The molecule has 1 aromatic rings. The minimum absolute atomic E-state index is 0.627. The Bertz CT molecular complexity index is 345. The number of benzene rings is 1. The molecule has 5 N–H and O–H groups in total. The van der Waals surface area contributed by atoms with Crippen LogP contribution < -0.4 is 5.43 Å². The first-order valence-corrected chi connectivity index (χ1v) is 5.14. The van der Waals surface area contributed by atoms with E-state index in [1.54, 1.807) is 12.1 Å². The lowest BCUT2D eigenvalue weighted by Gasteiger charge is -2.18. The second-order valence-corrected chi connectivity index (χ2v) is 3.49. The molecule has 6 heteroatoms. The summed E-state index contributed by atoms with van der Waals surface area (Å²) in [5, 5.41) is 40.0. The van der Waals surface area contributed by atoms with Gasteiger partial charge in [0.25, 0.3) is 0 Å². The number of hydrogen-bond donors (Lipinski definition) is 5. The molecule has 0 bridgehead atoms. The third-order valence-corrected chi connectivity index (χ3v) is 2.13. The molecule has 1 aromatic carbocycles. The summed E-state index contributed by atoms with van der Waals surface area (Å²) in [5.74, 6) is 0. The molecule has 0 heterocycles. The molecule has 0 unspecified atom stereocenters. The lowest BCUT2D eigenvalue weighted by atomic mass is 10.1. The first kappa shape index (κ1) is 13.6. The van der Waals surface area contributed by atoms with E-state index in [9.17, 15) is 10.2 Å². The lowest BCUT2D eigenvalue weighted by molar-refractivity contribution is -0.0541. The zero-order valence-corrected chi connectivity index (χ0v) is 9.14. The van der Waals surface area contributed by atoms with E-state index in [4.69, 9.17) is 10.2 Å². The van der Waals surface area contributed by atoms with E-state index < -0.39 is 24.9 Å². The highest BCUT2D eigenvalue weighted by molar-refractivity contribution is 5.65. The number of rotatable bonds is 6. The van der Waals surface area contributed by atoms with Crippen LogP contribution >= 0.6 is 0 Å². The quantitative estimate of drug-likeness (QED) is 0.329. The molecule has 94 valence electrons. The predicted octanol–water partition coefficient (Wildman–Crippen LogP) is -0.841. The van der Waals surface area contributed by atoms with E-state index >= 15 is 0 Å². The van der Waals surface area contributed by atoms with E-state index in [-0.39, 0.29) is 0 Å². The number of nitrogens with one attached hydrogen (secondary N) is 1. The number of hydrogen-bond acceptors (Lipinski definition) is 6. The molecule has 0 fully saturated rings. The van der Waals surface area contributed by atoms with Crippen molar-refractivity contribution in [3.63, 3.8) is 0 Å². The van der Waals surface area contributed by atoms with Crippen LogP contribution in [0.25, 0.3) is 0 Å². The van der Waals surface area contributed by atoms with Gasteiger partial charge in [-0.1, -0.05) is 18.2 Å². The Morgan fingerprint density at radius 1 is 1.18 bits per heavy atom. The van der Waals surface area contributed by atoms with Crippen LogP contribution in [0.5, 0.6) is 0 Å². The molecule has 0 saturated carbocycles. The average molecular weight is 240 g/mol. The summed E-state index contributed by atoms with van der Waals surface area (Å²) in [6, 6.07) is 9.05. The molecule has 3 atom stereocenters. The molecule has 0 aliphatic heterocycles. The monoisotopic (exact) mass is 240 g/mol. The molecular weight excluding hydrogens is 224 g/mol. The van der Waals surface area contributed by atoms with Gasteiger partial charge in [0.15, 0.2) is 0 Å². The molecule has 1 rings (SSSR count). The Morgan fingerprint density at radius 2 is 1.82 bits per heavy atom. The summed E-state index contributed by atoms with van der Waals surface area (Å²) in [7, 11) is 0. The van der Waals surface area contributed by atoms with Crippen LogP contribution in [0.1, 0.15) is 0 Å². The van der Waals surface area contributed by atoms with Gasteiger partial charge in [-0.3, -0.25) is 5.43 Å². The van der Waals surface area contributed by atoms with E-state index in [2.05, 4.69) is 10.5 Å². The number of aliphatic hydroxyl groups is 4. The van der Waals surface area contributed by atoms with Gasteiger partial charge >= 0.3 is 0 Å². The highest BCUT2D eigenvalue weighted by Crippen LogP contribution is 2.04. The molecular formula is C11H16N2O4. The summed E-state index contributed by atoms with van der Waals surface area (Å²) in [5.41, 5.74) is 3.37. The van der Waals surface area contributed by atoms with Crippen LogP contribution in [-0.4, -0.2) is 51.6 Å². The average Bonchev–Trinajstić information content (AvgIpc) is 2.38.